The summed E-state index contributed by atoms with van der Waals surface area (Å²) in [4.78, 5) is 11.4. The quantitative estimate of drug-likeness (QED) is 0.416. The van der Waals surface area contributed by atoms with Crippen molar-refractivity contribution >= 4 is 44.3 Å². The van der Waals surface area contributed by atoms with Crippen LogP contribution >= 0.6 is 38.5 Å². The Morgan fingerprint density at radius 1 is 1.38 bits per heavy atom. The predicted octanol–water partition coefficient (Wildman–Crippen LogP) is 4.28. The van der Waals surface area contributed by atoms with Gasteiger partial charge in [-0.05, 0) is 34.7 Å². The van der Waals surface area contributed by atoms with Crippen LogP contribution in [0.4, 0.5) is 13.2 Å². The van der Waals surface area contributed by atoms with Gasteiger partial charge in [-0.2, -0.15) is 13.2 Å². The lowest BCUT2D eigenvalue weighted by Crippen LogP contribution is -2.10. The molecule has 6 heteroatoms. The average Bonchev–Trinajstić information content (AvgIpc) is 2.16. The second-order valence-electron chi connectivity index (χ2n) is 3.05. The first-order valence-electron chi connectivity index (χ1n) is 4.32. The minimum absolute atomic E-state index is 0.0977. The molecule has 1 rings (SSSR count). The molecular weight excluding hydrogens is 400 g/mol. The Labute approximate surface area is 113 Å². The van der Waals surface area contributed by atoms with Crippen LogP contribution in [-0.2, 0) is 6.18 Å². The highest BCUT2D eigenvalue weighted by atomic mass is 127. The van der Waals surface area contributed by atoms with Crippen LogP contribution in [0.2, 0.25) is 0 Å². The summed E-state index contributed by atoms with van der Waals surface area (Å²) in [6, 6.07) is 3.64. The van der Waals surface area contributed by atoms with Crippen LogP contribution in [0.5, 0.6) is 0 Å². The van der Waals surface area contributed by atoms with E-state index in [4.69, 9.17) is 0 Å². The molecule has 0 saturated carbocycles. The maximum atomic E-state index is 12.6. The van der Waals surface area contributed by atoms with Crippen LogP contribution in [0.25, 0.3) is 0 Å². The van der Waals surface area contributed by atoms with Crippen molar-refractivity contribution in [1.29, 1.82) is 0 Å². The van der Waals surface area contributed by atoms with Crippen molar-refractivity contribution in [3.63, 3.8) is 0 Å². The minimum atomic E-state index is -4.42. The van der Waals surface area contributed by atoms with Gasteiger partial charge in [-0.25, -0.2) is 0 Å². The topological polar surface area (TPSA) is 17.1 Å². The smallest absolute Gasteiger partial charge is 0.294 e. The highest BCUT2D eigenvalue weighted by Gasteiger charge is 2.33. The number of carbonyl (C=O) groups excluding carboxylic acids is 1. The molecule has 0 aliphatic carbocycles. The molecule has 0 amide bonds. The molecule has 0 atom stereocenters. The molecule has 0 aromatic heterocycles. The van der Waals surface area contributed by atoms with Crippen LogP contribution in [-0.4, -0.2) is 11.1 Å². The summed E-state index contributed by atoms with van der Waals surface area (Å²) in [6.07, 6.45) is -4.22. The van der Waals surface area contributed by atoms with E-state index in [-0.39, 0.29) is 21.3 Å². The van der Waals surface area contributed by atoms with E-state index in [1.807, 2.05) is 0 Å². The molecule has 88 valence electrons. The summed E-state index contributed by atoms with van der Waals surface area (Å²) < 4.78 is 37.8. The molecule has 0 heterocycles. The van der Waals surface area contributed by atoms with Gasteiger partial charge < -0.3 is 0 Å². The van der Waals surface area contributed by atoms with Crippen LogP contribution in [0.3, 0.4) is 0 Å². The molecule has 0 spiro atoms. The zero-order chi connectivity index (χ0) is 12.3. The third kappa shape index (κ3) is 3.44. The van der Waals surface area contributed by atoms with E-state index in [9.17, 15) is 18.0 Å². The van der Waals surface area contributed by atoms with E-state index in [0.29, 0.717) is 5.33 Å². The first-order chi connectivity index (χ1) is 7.36. The maximum Gasteiger partial charge on any atom is 0.417 e. The van der Waals surface area contributed by atoms with Gasteiger partial charge in [0.05, 0.1) is 5.56 Å². The third-order valence-corrected chi connectivity index (χ3v) is 3.25. The number of Topliss-reactive ketones (excluding diaryl/α,β-unsaturated/α-hetero) is 1. The van der Waals surface area contributed by atoms with E-state index < -0.39 is 11.7 Å². The molecule has 0 aliphatic heterocycles. The highest BCUT2D eigenvalue weighted by Crippen LogP contribution is 2.33. The second kappa shape index (κ2) is 5.48. The molecular formula is C10H7BrF3IO. The minimum Gasteiger partial charge on any atom is -0.294 e. The summed E-state index contributed by atoms with van der Waals surface area (Å²) in [5, 5.41) is 0.444. The zero-order valence-electron chi connectivity index (χ0n) is 7.94. The summed E-state index contributed by atoms with van der Waals surface area (Å²) in [5.74, 6) is -0.293. The lowest BCUT2D eigenvalue weighted by molar-refractivity contribution is -0.138. The monoisotopic (exact) mass is 406 g/mol. The standard InChI is InChI=1S/C10H7BrF3IO/c11-4-3-9(16)6-1-2-8(15)7(5-6)10(12,13)14/h1-2,5H,3-4H2. The van der Waals surface area contributed by atoms with Crippen LogP contribution in [0.15, 0.2) is 18.2 Å². The molecule has 0 saturated heterocycles. The number of ketones is 1. The molecule has 1 aromatic carbocycles. The number of rotatable bonds is 3. The van der Waals surface area contributed by atoms with Crippen molar-refractivity contribution in [3.05, 3.63) is 32.9 Å². The zero-order valence-corrected chi connectivity index (χ0v) is 11.7. The number of hydrogen-bond acceptors (Lipinski definition) is 1. The number of benzene rings is 1. The Balaban J connectivity index is 3.13. The van der Waals surface area contributed by atoms with Crippen molar-refractivity contribution in [2.24, 2.45) is 0 Å². The van der Waals surface area contributed by atoms with E-state index in [1.165, 1.54) is 12.1 Å². The van der Waals surface area contributed by atoms with Gasteiger partial charge in [0, 0.05) is 20.9 Å². The molecule has 1 nitrogen and oxygen atoms in total. The maximum absolute atomic E-state index is 12.6. The molecule has 0 aliphatic rings. The molecule has 0 unspecified atom stereocenters. The van der Waals surface area contributed by atoms with Gasteiger partial charge in [0.2, 0.25) is 0 Å². The van der Waals surface area contributed by atoms with Gasteiger partial charge in [0.15, 0.2) is 5.78 Å². The Kier molecular flexibility index (Phi) is 4.78. The number of alkyl halides is 4. The third-order valence-electron chi connectivity index (χ3n) is 1.92. The fourth-order valence-corrected chi connectivity index (χ4v) is 2.15. The van der Waals surface area contributed by atoms with Crippen molar-refractivity contribution in [2.45, 2.75) is 12.6 Å². The van der Waals surface area contributed by atoms with Crippen molar-refractivity contribution in [1.82, 2.24) is 0 Å². The lowest BCUT2D eigenvalue weighted by Gasteiger charge is -2.10. The molecule has 0 radical (unpaired) electrons. The van der Waals surface area contributed by atoms with Gasteiger partial charge in [-0.3, -0.25) is 4.79 Å². The van der Waals surface area contributed by atoms with E-state index in [1.54, 1.807) is 22.6 Å². The van der Waals surface area contributed by atoms with E-state index in [0.717, 1.165) is 6.07 Å². The number of halogens is 5. The van der Waals surface area contributed by atoms with Crippen molar-refractivity contribution in [2.75, 3.05) is 5.33 Å². The van der Waals surface area contributed by atoms with Crippen LogP contribution in [0, 0.1) is 3.57 Å². The largest absolute Gasteiger partial charge is 0.417 e. The SMILES string of the molecule is O=C(CCBr)c1ccc(I)c(C(F)(F)F)c1. The Bertz CT molecular complexity index is 404. The lowest BCUT2D eigenvalue weighted by atomic mass is 10.1. The number of carbonyl (C=O) groups is 1. The fourth-order valence-electron chi connectivity index (χ4n) is 1.15. The fraction of sp³-hybridized carbons (Fsp3) is 0.300. The molecule has 16 heavy (non-hydrogen) atoms. The Morgan fingerprint density at radius 2 is 2.00 bits per heavy atom. The van der Waals surface area contributed by atoms with Crippen molar-refractivity contribution in [3.8, 4) is 0 Å². The van der Waals surface area contributed by atoms with Crippen LogP contribution < -0.4 is 0 Å². The normalized spacial score (nSPS) is 11.6. The van der Waals surface area contributed by atoms with Gasteiger partial charge in [0.1, 0.15) is 0 Å². The Morgan fingerprint density at radius 3 is 2.50 bits per heavy atom. The number of hydrogen-bond donors (Lipinski definition) is 0. The Hall–Kier alpha value is -0.110. The van der Waals surface area contributed by atoms with Gasteiger partial charge in [-0.1, -0.05) is 22.0 Å². The van der Waals surface area contributed by atoms with E-state index in [2.05, 4.69) is 15.9 Å². The predicted molar refractivity (Wildman–Crippen MR) is 66.9 cm³/mol. The first-order valence-corrected chi connectivity index (χ1v) is 6.52. The molecule has 0 N–H and O–H groups in total. The molecule has 0 bridgehead atoms. The molecule has 1 aromatic rings. The van der Waals surface area contributed by atoms with Gasteiger partial charge in [-0.15, -0.1) is 0 Å². The average molecular weight is 407 g/mol. The van der Waals surface area contributed by atoms with Gasteiger partial charge in [0.25, 0.3) is 0 Å². The van der Waals surface area contributed by atoms with Gasteiger partial charge >= 0.3 is 6.18 Å². The second-order valence-corrected chi connectivity index (χ2v) is 5.01. The highest BCUT2D eigenvalue weighted by molar-refractivity contribution is 14.1. The van der Waals surface area contributed by atoms with Crippen LogP contribution in [0.1, 0.15) is 22.3 Å². The molecule has 0 fully saturated rings. The van der Waals surface area contributed by atoms with Crippen molar-refractivity contribution < 1.29 is 18.0 Å². The first kappa shape index (κ1) is 14.0. The summed E-state index contributed by atoms with van der Waals surface area (Å²) in [5.41, 5.74) is -0.652. The summed E-state index contributed by atoms with van der Waals surface area (Å²) in [7, 11) is 0. The summed E-state index contributed by atoms with van der Waals surface area (Å²) in [6.45, 7) is 0. The van der Waals surface area contributed by atoms with E-state index >= 15 is 0 Å². The summed E-state index contributed by atoms with van der Waals surface area (Å²) >= 11 is 4.68.